The number of nitrogens with one attached hydrogen (secondary N) is 1. The Kier molecular flexibility index (Phi) is 16.9. The number of unbranched alkanes of at least 4 members (excludes halogenated alkanes) is 12. The Hall–Kier alpha value is -1.51. The molecule has 0 saturated carbocycles. The molecule has 2 amide bonds. The van der Waals surface area contributed by atoms with Crippen LogP contribution >= 0.6 is 0 Å². The summed E-state index contributed by atoms with van der Waals surface area (Å²) in [5.41, 5.74) is 1.94. The van der Waals surface area contributed by atoms with Gasteiger partial charge in [-0.25, -0.2) is 4.79 Å². The van der Waals surface area contributed by atoms with Gasteiger partial charge in [0, 0.05) is 18.8 Å². The minimum atomic E-state index is 0.0607. The smallest absolute Gasteiger partial charge is 0.321 e. The predicted octanol–water partition coefficient (Wildman–Crippen LogP) is 10.5. The number of nitrogens with zero attached hydrogens (tertiary/aromatic N) is 1. The maximum Gasteiger partial charge on any atom is 0.321 e. The van der Waals surface area contributed by atoms with E-state index < -0.39 is 0 Å². The van der Waals surface area contributed by atoms with Gasteiger partial charge in [-0.3, -0.25) is 4.90 Å². The van der Waals surface area contributed by atoms with Crippen LogP contribution in [0.3, 0.4) is 0 Å². The van der Waals surface area contributed by atoms with Crippen molar-refractivity contribution in [2.24, 2.45) is 10.8 Å². The molecule has 36 heavy (non-hydrogen) atoms. The number of para-hydroxylation sites is 1. The maximum atomic E-state index is 13.0. The molecule has 0 fully saturated rings. The van der Waals surface area contributed by atoms with E-state index in [0.717, 1.165) is 31.6 Å². The molecule has 1 N–H and O–H groups in total. The Morgan fingerprint density at radius 3 is 1.50 bits per heavy atom. The summed E-state index contributed by atoms with van der Waals surface area (Å²) in [6.45, 7) is 15.6. The lowest BCUT2D eigenvalue weighted by Crippen LogP contribution is -2.41. The molecule has 1 rings (SSSR count). The number of urea groups is 1. The molecule has 0 aliphatic rings. The number of benzene rings is 1. The highest BCUT2D eigenvalue weighted by molar-refractivity contribution is 5.91. The summed E-state index contributed by atoms with van der Waals surface area (Å²) < 4.78 is 0. The second-order valence-corrected chi connectivity index (χ2v) is 13.3. The Morgan fingerprint density at radius 1 is 0.611 bits per heavy atom. The summed E-state index contributed by atoms with van der Waals surface area (Å²) in [7, 11) is 0. The van der Waals surface area contributed by atoms with Gasteiger partial charge in [0.25, 0.3) is 0 Å². The minimum Gasteiger partial charge on any atom is -0.338 e. The molecule has 0 aliphatic heterocycles. The summed E-state index contributed by atoms with van der Waals surface area (Å²) in [5.74, 6) is 0. The van der Waals surface area contributed by atoms with Crippen molar-refractivity contribution in [3.8, 4) is 0 Å². The van der Waals surface area contributed by atoms with E-state index in [0.29, 0.717) is 10.8 Å². The molecule has 0 saturated heterocycles. The number of hydrogen-bond donors (Lipinski definition) is 1. The lowest BCUT2D eigenvalue weighted by molar-refractivity contribution is 0.246. The number of amides is 2. The molecule has 0 aromatic heterocycles. The summed E-state index contributed by atoms with van der Waals surface area (Å²) in [4.78, 5) is 14.9. The molecule has 0 spiro atoms. The zero-order valence-electron chi connectivity index (χ0n) is 25.0. The third kappa shape index (κ3) is 18.7. The fourth-order valence-electron chi connectivity index (χ4n) is 4.72. The van der Waals surface area contributed by atoms with Gasteiger partial charge in [0.2, 0.25) is 0 Å². The summed E-state index contributed by atoms with van der Waals surface area (Å²) in [6, 6.07) is 10.2. The van der Waals surface area contributed by atoms with Crippen molar-refractivity contribution < 1.29 is 4.79 Å². The van der Waals surface area contributed by atoms with Gasteiger partial charge < -0.3 is 5.32 Å². The van der Waals surface area contributed by atoms with E-state index in [-0.39, 0.29) is 6.03 Å². The van der Waals surface area contributed by atoms with Gasteiger partial charge >= 0.3 is 6.03 Å². The van der Waals surface area contributed by atoms with Gasteiger partial charge in [-0.05, 0) is 48.6 Å². The monoisotopic (exact) mass is 500 g/mol. The Morgan fingerprint density at radius 2 is 1.03 bits per heavy atom. The summed E-state index contributed by atoms with van der Waals surface area (Å²) >= 11 is 0. The van der Waals surface area contributed by atoms with Crippen molar-refractivity contribution in [3.05, 3.63) is 30.3 Å². The number of rotatable bonds is 19. The van der Waals surface area contributed by atoms with Crippen molar-refractivity contribution in [2.45, 2.75) is 144 Å². The van der Waals surface area contributed by atoms with E-state index >= 15 is 0 Å². The first kappa shape index (κ1) is 32.5. The topological polar surface area (TPSA) is 32.3 Å². The van der Waals surface area contributed by atoms with Gasteiger partial charge in [-0.2, -0.15) is 0 Å². The highest BCUT2D eigenvalue weighted by Gasteiger charge is 2.14. The van der Waals surface area contributed by atoms with Crippen LogP contribution in [-0.4, -0.2) is 19.1 Å². The number of carbonyl (C=O) groups is 1. The molecule has 3 heteroatoms. The SMILES string of the molecule is CC(C)(C)CCCCCCCCCNC(=O)N(CCCCCCCCCC(C)(C)C)c1ccccc1. The van der Waals surface area contributed by atoms with Crippen molar-refractivity contribution in [3.63, 3.8) is 0 Å². The number of hydrogen-bond acceptors (Lipinski definition) is 1. The maximum absolute atomic E-state index is 13.0. The Balaban J connectivity index is 2.19. The minimum absolute atomic E-state index is 0.0607. The average molecular weight is 501 g/mol. The van der Waals surface area contributed by atoms with Crippen LogP contribution in [0.5, 0.6) is 0 Å². The Labute approximate surface area is 225 Å². The molecular weight excluding hydrogens is 440 g/mol. The first-order chi connectivity index (χ1) is 17.1. The summed E-state index contributed by atoms with van der Waals surface area (Å²) in [5, 5.41) is 3.18. The fourth-order valence-corrected chi connectivity index (χ4v) is 4.72. The molecule has 1 aromatic carbocycles. The molecule has 0 radical (unpaired) electrons. The van der Waals surface area contributed by atoms with E-state index in [1.54, 1.807) is 0 Å². The van der Waals surface area contributed by atoms with Crippen LogP contribution in [0.15, 0.2) is 30.3 Å². The molecule has 0 heterocycles. The van der Waals surface area contributed by atoms with Gasteiger partial charge in [0.1, 0.15) is 0 Å². The van der Waals surface area contributed by atoms with Crippen LogP contribution in [0, 0.1) is 10.8 Å². The first-order valence-electron chi connectivity index (χ1n) is 15.2. The largest absolute Gasteiger partial charge is 0.338 e. The molecule has 1 aromatic rings. The predicted molar refractivity (Wildman–Crippen MR) is 160 cm³/mol. The standard InChI is InChI=1S/C33H60N2O/c1-32(2,3)26-20-13-9-7-11-15-22-28-34-31(36)35(30-24-18-17-19-25-30)29-23-16-12-8-10-14-21-27-33(4,5)6/h17-19,24-25H,7-16,20-23,26-29H2,1-6H3,(H,34,36). The molecule has 208 valence electrons. The summed E-state index contributed by atoms with van der Waals surface area (Å²) in [6.07, 6.45) is 20.5. The molecule has 0 unspecified atom stereocenters. The second kappa shape index (κ2) is 18.7. The Bertz CT molecular complexity index is 657. The lowest BCUT2D eigenvalue weighted by Gasteiger charge is -2.23. The van der Waals surface area contributed by atoms with E-state index in [1.165, 1.54) is 89.9 Å². The zero-order chi connectivity index (χ0) is 26.7. The average Bonchev–Trinajstić information content (AvgIpc) is 2.80. The second-order valence-electron chi connectivity index (χ2n) is 13.3. The molecule has 0 aliphatic carbocycles. The van der Waals surface area contributed by atoms with Crippen LogP contribution in [-0.2, 0) is 0 Å². The lowest BCUT2D eigenvalue weighted by atomic mass is 9.89. The fraction of sp³-hybridized carbons (Fsp3) is 0.788. The van der Waals surface area contributed by atoms with E-state index in [2.05, 4.69) is 59.0 Å². The van der Waals surface area contributed by atoms with Crippen molar-refractivity contribution in [1.82, 2.24) is 5.32 Å². The highest BCUT2D eigenvalue weighted by Crippen LogP contribution is 2.23. The van der Waals surface area contributed by atoms with Crippen LogP contribution in [0.4, 0.5) is 10.5 Å². The van der Waals surface area contributed by atoms with Gasteiger partial charge in [0.05, 0.1) is 0 Å². The third-order valence-electron chi connectivity index (χ3n) is 7.00. The molecule has 3 nitrogen and oxygen atoms in total. The van der Waals surface area contributed by atoms with E-state index in [4.69, 9.17) is 0 Å². The van der Waals surface area contributed by atoms with Crippen LogP contribution in [0.25, 0.3) is 0 Å². The van der Waals surface area contributed by atoms with E-state index in [1.807, 2.05) is 23.1 Å². The van der Waals surface area contributed by atoms with Gasteiger partial charge in [-0.15, -0.1) is 0 Å². The van der Waals surface area contributed by atoms with Crippen molar-refractivity contribution in [1.29, 1.82) is 0 Å². The van der Waals surface area contributed by atoms with Crippen molar-refractivity contribution in [2.75, 3.05) is 18.0 Å². The molecule has 0 atom stereocenters. The number of carbonyl (C=O) groups excluding carboxylic acids is 1. The first-order valence-corrected chi connectivity index (χ1v) is 15.2. The normalized spacial score (nSPS) is 12.1. The van der Waals surface area contributed by atoms with Crippen LogP contribution in [0.1, 0.15) is 144 Å². The molecule has 0 bridgehead atoms. The quantitative estimate of drug-likeness (QED) is 0.188. The van der Waals surface area contributed by atoms with E-state index in [9.17, 15) is 4.79 Å². The van der Waals surface area contributed by atoms with Crippen LogP contribution < -0.4 is 10.2 Å². The molecular formula is C33H60N2O. The van der Waals surface area contributed by atoms with Crippen molar-refractivity contribution >= 4 is 11.7 Å². The van der Waals surface area contributed by atoms with Crippen LogP contribution in [0.2, 0.25) is 0 Å². The number of anilines is 1. The zero-order valence-corrected chi connectivity index (χ0v) is 25.0. The van der Waals surface area contributed by atoms with Gasteiger partial charge in [0.15, 0.2) is 0 Å². The highest BCUT2D eigenvalue weighted by atomic mass is 16.2. The van der Waals surface area contributed by atoms with Gasteiger partial charge in [-0.1, -0.05) is 137 Å². The third-order valence-corrected chi connectivity index (χ3v) is 7.00.